The van der Waals surface area contributed by atoms with Gasteiger partial charge < -0.3 is 19.3 Å². The van der Waals surface area contributed by atoms with Crippen LogP contribution in [0.4, 0.5) is 4.39 Å². The van der Waals surface area contributed by atoms with Crippen molar-refractivity contribution in [1.82, 2.24) is 0 Å². The lowest BCUT2D eigenvalue weighted by atomic mass is 9.77. The second-order valence-corrected chi connectivity index (χ2v) is 5.99. The topological polar surface area (TPSA) is 76.0 Å². The molecule has 0 heterocycles. The summed E-state index contributed by atoms with van der Waals surface area (Å²) in [5.41, 5.74) is -1.95. The molecule has 2 N–H and O–H groups in total. The fourth-order valence-corrected chi connectivity index (χ4v) is 2.08. The molecule has 5 atom stereocenters. The number of ether oxygens (including phenoxy) is 1. The smallest absolute Gasteiger partial charge is 0.353 e. The number of rotatable bonds is 4. The molecule has 1 aliphatic rings. The van der Waals surface area contributed by atoms with Crippen molar-refractivity contribution in [3.63, 3.8) is 0 Å². The molecule has 2 radical (unpaired) electrons. The minimum absolute atomic E-state index is 0.0951. The first-order chi connectivity index (χ1) is 7.20. The van der Waals surface area contributed by atoms with E-state index in [0.717, 1.165) is 7.11 Å². The van der Waals surface area contributed by atoms with Gasteiger partial charge in [0, 0.05) is 7.11 Å². The zero-order chi connectivity index (χ0) is 12.6. The minimum Gasteiger partial charge on any atom is -0.387 e. The molecule has 5 nitrogen and oxygen atoms in total. The number of hydrogen-bond donors (Lipinski definition) is 2. The SMILES string of the molecule is [B]C1CC(OCP(=O)(O)OC)C(O)C1(C)F. The summed E-state index contributed by atoms with van der Waals surface area (Å²) in [6.07, 6.45) is -2.79. The average molecular weight is 252 g/mol. The van der Waals surface area contributed by atoms with Gasteiger partial charge in [-0.15, -0.1) is 0 Å². The molecule has 0 aromatic rings. The lowest BCUT2D eigenvalue weighted by Crippen LogP contribution is -2.38. The van der Waals surface area contributed by atoms with Crippen LogP contribution >= 0.6 is 7.60 Å². The van der Waals surface area contributed by atoms with Crippen molar-refractivity contribution in [3.05, 3.63) is 0 Å². The van der Waals surface area contributed by atoms with Gasteiger partial charge in [0.2, 0.25) is 0 Å². The monoisotopic (exact) mass is 252 g/mol. The molecule has 5 unspecified atom stereocenters. The molecule has 1 rings (SSSR count). The molecule has 0 saturated heterocycles. The van der Waals surface area contributed by atoms with Gasteiger partial charge in [-0.2, -0.15) is 0 Å². The largest absolute Gasteiger partial charge is 0.387 e. The summed E-state index contributed by atoms with van der Waals surface area (Å²) in [6, 6.07) is 0. The first-order valence-corrected chi connectivity index (χ1v) is 6.58. The Balaban J connectivity index is 2.56. The highest BCUT2D eigenvalue weighted by Gasteiger charge is 2.50. The van der Waals surface area contributed by atoms with Crippen LogP contribution in [-0.4, -0.2) is 49.2 Å². The minimum atomic E-state index is -3.81. The van der Waals surface area contributed by atoms with Crippen LogP contribution in [0.5, 0.6) is 0 Å². The van der Waals surface area contributed by atoms with Gasteiger partial charge in [-0.1, -0.05) is 0 Å². The van der Waals surface area contributed by atoms with E-state index >= 15 is 0 Å². The van der Waals surface area contributed by atoms with E-state index in [1.807, 2.05) is 0 Å². The van der Waals surface area contributed by atoms with E-state index in [1.54, 1.807) is 0 Å². The van der Waals surface area contributed by atoms with E-state index < -0.39 is 37.6 Å². The van der Waals surface area contributed by atoms with Crippen molar-refractivity contribution >= 4 is 15.4 Å². The first-order valence-electron chi connectivity index (χ1n) is 4.82. The molecule has 0 amide bonds. The summed E-state index contributed by atoms with van der Waals surface area (Å²) in [7, 11) is 2.75. The van der Waals surface area contributed by atoms with Crippen LogP contribution < -0.4 is 0 Å². The molecule has 92 valence electrons. The van der Waals surface area contributed by atoms with E-state index in [2.05, 4.69) is 4.52 Å². The van der Waals surface area contributed by atoms with E-state index in [1.165, 1.54) is 6.92 Å². The predicted molar refractivity (Wildman–Crippen MR) is 56.2 cm³/mol. The van der Waals surface area contributed by atoms with E-state index in [-0.39, 0.29) is 6.42 Å². The first kappa shape index (κ1) is 14.1. The highest BCUT2D eigenvalue weighted by molar-refractivity contribution is 7.52. The highest BCUT2D eigenvalue weighted by atomic mass is 31.2. The summed E-state index contributed by atoms with van der Waals surface area (Å²) in [5, 5.41) is 9.56. The van der Waals surface area contributed by atoms with Crippen molar-refractivity contribution in [1.29, 1.82) is 0 Å². The van der Waals surface area contributed by atoms with Gasteiger partial charge in [-0.05, 0) is 19.2 Å². The Labute approximate surface area is 94.9 Å². The van der Waals surface area contributed by atoms with Gasteiger partial charge in [0.15, 0.2) is 0 Å². The quantitative estimate of drug-likeness (QED) is 0.566. The predicted octanol–water partition coefficient (Wildman–Crippen LogP) is 0.611. The molecule has 8 heteroatoms. The van der Waals surface area contributed by atoms with Gasteiger partial charge >= 0.3 is 7.60 Å². The number of halogens is 1. The average Bonchev–Trinajstić information content (AvgIpc) is 2.40. The van der Waals surface area contributed by atoms with Gasteiger partial charge in [-0.25, -0.2) is 4.39 Å². The Morgan fingerprint density at radius 1 is 1.69 bits per heavy atom. The van der Waals surface area contributed by atoms with Gasteiger partial charge in [-0.3, -0.25) is 4.57 Å². The molecule has 0 aromatic heterocycles. The lowest BCUT2D eigenvalue weighted by molar-refractivity contribution is -0.0551. The summed E-state index contributed by atoms with van der Waals surface area (Å²) in [4.78, 5) is 9.07. The Morgan fingerprint density at radius 2 is 2.25 bits per heavy atom. The Bertz CT molecular complexity index is 300. The molecular formula is C8H15BFO5P. The molecule has 1 aliphatic carbocycles. The molecule has 16 heavy (non-hydrogen) atoms. The zero-order valence-corrected chi connectivity index (χ0v) is 10.1. The van der Waals surface area contributed by atoms with Crippen LogP contribution in [0.1, 0.15) is 13.3 Å². The maximum atomic E-state index is 13.7. The lowest BCUT2D eigenvalue weighted by Gasteiger charge is -2.24. The van der Waals surface area contributed by atoms with Crippen LogP contribution in [0.3, 0.4) is 0 Å². The van der Waals surface area contributed by atoms with Crippen molar-refractivity contribution in [2.45, 2.75) is 37.0 Å². The van der Waals surface area contributed by atoms with Crippen molar-refractivity contribution in [2.75, 3.05) is 13.5 Å². The van der Waals surface area contributed by atoms with Crippen LogP contribution in [0, 0.1) is 0 Å². The van der Waals surface area contributed by atoms with Crippen molar-refractivity contribution in [3.8, 4) is 0 Å². The molecular weight excluding hydrogens is 237 g/mol. The van der Waals surface area contributed by atoms with Crippen LogP contribution in [-0.2, 0) is 13.8 Å². The van der Waals surface area contributed by atoms with Crippen molar-refractivity contribution in [2.24, 2.45) is 0 Å². The maximum Gasteiger partial charge on any atom is 0.353 e. The molecule has 0 spiro atoms. The maximum absolute atomic E-state index is 13.7. The summed E-state index contributed by atoms with van der Waals surface area (Å²) < 4.78 is 34.1. The van der Waals surface area contributed by atoms with Gasteiger partial charge in [0.25, 0.3) is 0 Å². The molecule has 1 saturated carbocycles. The molecule has 0 bridgehead atoms. The fourth-order valence-electron chi connectivity index (χ4n) is 1.59. The zero-order valence-electron chi connectivity index (χ0n) is 9.17. The highest BCUT2D eigenvalue weighted by Crippen LogP contribution is 2.46. The second kappa shape index (κ2) is 4.74. The Hall–Kier alpha value is 0.0649. The van der Waals surface area contributed by atoms with Gasteiger partial charge in [0.1, 0.15) is 18.1 Å². The van der Waals surface area contributed by atoms with E-state index in [9.17, 15) is 14.1 Å². The molecule has 0 aliphatic heterocycles. The summed E-state index contributed by atoms with van der Waals surface area (Å²) in [5.74, 6) is -0.854. The summed E-state index contributed by atoms with van der Waals surface area (Å²) >= 11 is 0. The molecule has 0 aromatic carbocycles. The van der Waals surface area contributed by atoms with E-state index in [4.69, 9.17) is 17.5 Å². The number of aliphatic hydroxyl groups is 1. The fraction of sp³-hybridized carbons (Fsp3) is 1.00. The third kappa shape index (κ3) is 2.84. The number of hydrogen-bond acceptors (Lipinski definition) is 4. The van der Waals surface area contributed by atoms with Gasteiger partial charge in [0.05, 0.1) is 14.0 Å². The van der Waals surface area contributed by atoms with Crippen LogP contribution in [0.2, 0.25) is 5.82 Å². The Morgan fingerprint density at radius 3 is 2.62 bits per heavy atom. The normalized spacial score (nSPS) is 43.2. The van der Waals surface area contributed by atoms with Crippen LogP contribution in [0.15, 0.2) is 0 Å². The third-order valence-corrected chi connectivity index (χ3v) is 3.92. The third-order valence-electron chi connectivity index (χ3n) is 2.88. The second-order valence-electron chi connectivity index (χ2n) is 4.09. The standard InChI is InChI=1S/C8H15BFO5P/c1-8(10)6(9)3-5(7(8)11)15-4-16(12,13)14-2/h5-7,11H,3-4H2,1-2H3,(H,12,13). The number of aliphatic hydroxyl groups excluding tert-OH is 1. The van der Waals surface area contributed by atoms with Crippen molar-refractivity contribution < 1.29 is 28.2 Å². The van der Waals surface area contributed by atoms with E-state index in [0.29, 0.717) is 0 Å². The Kier molecular flexibility index (Phi) is 4.19. The summed E-state index contributed by atoms with van der Waals surface area (Å²) in [6.45, 7) is 1.18. The number of alkyl halides is 1. The molecule has 1 fully saturated rings. The van der Waals surface area contributed by atoms with Crippen LogP contribution in [0.25, 0.3) is 0 Å².